The second-order valence-electron chi connectivity index (χ2n) is 7.88. The fraction of sp³-hybridized carbons (Fsp3) is 0.154. The van der Waals surface area contributed by atoms with E-state index in [0.717, 1.165) is 0 Å². The Hall–Kier alpha value is -4.86. The maximum Gasteiger partial charge on any atom is 0.339 e. The van der Waals surface area contributed by atoms with Gasteiger partial charge in [-0.3, -0.25) is 10.1 Å². The Morgan fingerprint density at radius 1 is 1.00 bits per heavy atom. The smallest absolute Gasteiger partial charge is 0.339 e. The molecule has 4 aromatic rings. The van der Waals surface area contributed by atoms with Crippen LogP contribution < -0.4 is 20.1 Å². The number of carbonyl (C=O) groups excluding carboxylic acids is 3. The summed E-state index contributed by atoms with van der Waals surface area (Å²) in [5.74, 6) is 0.186. The summed E-state index contributed by atoms with van der Waals surface area (Å²) < 4.78 is 21.9. The number of pyridine rings is 1. The number of hydrogen-bond donors (Lipinski definition) is 2. The number of para-hydroxylation sites is 3. The van der Waals surface area contributed by atoms with E-state index < -0.39 is 30.6 Å². The molecule has 182 valence electrons. The minimum Gasteiger partial charge on any atom is -0.486 e. The Morgan fingerprint density at radius 2 is 1.81 bits per heavy atom. The zero-order valence-electron chi connectivity index (χ0n) is 18.9. The summed E-state index contributed by atoms with van der Waals surface area (Å²) in [5.41, 5.74) is 1.24. The molecule has 36 heavy (non-hydrogen) atoms. The molecule has 0 saturated heterocycles. The molecule has 2 N–H and O–H groups in total. The van der Waals surface area contributed by atoms with Crippen molar-refractivity contribution in [3.8, 4) is 23.0 Å². The predicted octanol–water partition coefficient (Wildman–Crippen LogP) is 3.32. The molecular formula is C26H21N3O7. The molecule has 0 aliphatic carbocycles. The number of esters is 1. The highest BCUT2D eigenvalue weighted by Gasteiger charge is 2.22. The molecule has 2 aromatic heterocycles. The summed E-state index contributed by atoms with van der Waals surface area (Å²) >= 11 is 0. The normalized spacial score (nSPS) is 14.2. The lowest BCUT2D eigenvalue weighted by atomic mass is 10.1. The van der Waals surface area contributed by atoms with E-state index in [4.69, 9.17) is 18.6 Å². The van der Waals surface area contributed by atoms with Gasteiger partial charge >= 0.3 is 12.0 Å². The third-order valence-corrected chi connectivity index (χ3v) is 5.35. The van der Waals surface area contributed by atoms with Gasteiger partial charge in [0.2, 0.25) is 0 Å². The minimum absolute atomic E-state index is 0.117. The van der Waals surface area contributed by atoms with Gasteiger partial charge in [-0.05, 0) is 36.4 Å². The summed E-state index contributed by atoms with van der Waals surface area (Å²) in [6, 6.07) is 18.5. The molecule has 0 bridgehead atoms. The Balaban J connectivity index is 1.15. The first-order chi connectivity index (χ1) is 17.6. The van der Waals surface area contributed by atoms with E-state index in [9.17, 15) is 14.4 Å². The number of urea groups is 1. The Labute approximate surface area is 205 Å². The fourth-order valence-corrected chi connectivity index (χ4v) is 3.68. The maximum absolute atomic E-state index is 12.8. The number of imide groups is 1. The average molecular weight is 487 g/mol. The molecule has 2 aromatic carbocycles. The van der Waals surface area contributed by atoms with Crippen LogP contribution in [0.4, 0.5) is 4.79 Å². The van der Waals surface area contributed by atoms with Gasteiger partial charge < -0.3 is 23.9 Å². The maximum atomic E-state index is 12.8. The van der Waals surface area contributed by atoms with Crippen LogP contribution in [-0.4, -0.2) is 48.8 Å². The van der Waals surface area contributed by atoms with Crippen LogP contribution in [0.3, 0.4) is 0 Å². The summed E-state index contributed by atoms with van der Waals surface area (Å²) in [6.07, 6.45) is 1.09. The number of fused-ring (bicyclic) bond motifs is 2. The third-order valence-electron chi connectivity index (χ3n) is 5.35. The van der Waals surface area contributed by atoms with Crippen molar-refractivity contribution in [1.82, 2.24) is 15.6 Å². The molecule has 1 aliphatic rings. The molecule has 3 heterocycles. The molecule has 0 saturated carbocycles. The van der Waals surface area contributed by atoms with Crippen molar-refractivity contribution >= 4 is 28.8 Å². The highest BCUT2D eigenvalue weighted by Crippen LogP contribution is 2.30. The topological polar surface area (TPSA) is 129 Å². The Morgan fingerprint density at radius 3 is 2.64 bits per heavy atom. The fourth-order valence-electron chi connectivity index (χ4n) is 3.68. The van der Waals surface area contributed by atoms with Crippen LogP contribution in [0, 0.1) is 0 Å². The van der Waals surface area contributed by atoms with Crippen LogP contribution in [0.25, 0.3) is 22.4 Å². The lowest BCUT2D eigenvalue weighted by Crippen LogP contribution is -2.46. The van der Waals surface area contributed by atoms with Gasteiger partial charge in [-0.25, -0.2) is 14.6 Å². The molecule has 1 atom stereocenters. The van der Waals surface area contributed by atoms with Crippen molar-refractivity contribution in [3.05, 3.63) is 78.6 Å². The molecular weight excluding hydrogens is 466 g/mol. The largest absolute Gasteiger partial charge is 0.486 e. The number of furan rings is 1. The summed E-state index contributed by atoms with van der Waals surface area (Å²) in [5, 5.41) is 5.23. The van der Waals surface area contributed by atoms with Gasteiger partial charge in [-0.15, -0.1) is 0 Å². The first-order valence-corrected chi connectivity index (χ1v) is 11.1. The zero-order valence-corrected chi connectivity index (χ0v) is 18.9. The van der Waals surface area contributed by atoms with Crippen molar-refractivity contribution in [3.63, 3.8) is 0 Å². The number of aromatic nitrogens is 1. The molecule has 0 radical (unpaired) electrons. The van der Waals surface area contributed by atoms with Crippen molar-refractivity contribution in [1.29, 1.82) is 0 Å². The molecule has 5 rings (SSSR count). The van der Waals surface area contributed by atoms with Crippen molar-refractivity contribution < 1.29 is 33.0 Å². The van der Waals surface area contributed by atoms with Gasteiger partial charge in [-0.1, -0.05) is 30.3 Å². The first kappa shape index (κ1) is 22.9. The number of hydrogen-bond acceptors (Lipinski definition) is 8. The number of nitrogens with one attached hydrogen (secondary N) is 2. The molecule has 10 nitrogen and oxygen atoms in total. The van der Waals surface area contributed by atoms with E-state index >= 15 is 0 Å². The van der Waals surface area contributed by atoms with Crippen molar-refractivity contribution in [2.75, 3.05) is 19.8 Å². The van der Waals surface area contributed by atoms with Crippen LogP contribution in [-0.2, 0) is 9.53 Å². The monoisotopic (exact) mass is 487 g/mol. The zero-order chi connectivity index (χ0) is 24.9. The van der Waals surface area contributed by atoms with Gasteiger partial charge in [0.1, 0.15) is 12.3 Å². The summed E-state index contributed by atoms with van der Waals surface area (Å²) in [4.78, 5) is 41.6. The van der Waals surface area contributed by atoms with Gasteiger partial charge in [0.05, 0.1) is 23.9 Å². The van der Waals surface area contributed by atoms with Crippen LogP contribution >= 0.6 is 0 Å². The molecule has 0 spiro atoms. The number of benzene rings is 2. The summed E-state index contributed by atoms with van der Waals surface area (Å²) in [7, 11) is 0. The van der Waals surface area contributed by atoms with E-state index in [2.05, 4.69) is 15.6 Å². The second kappa shape index (κ2) is 10.2. The van der Waals surface area contributed by atoms with E-state index in [0.29, 0.717) is 33.9 Å². The molecule has 1 aliphatic heterocycles. The SMILES string of the molecule is O=C(COC(=O)c1cc(-c2ccco2)nc2ccccc12)NC(=O)NCC1COc2ccccc2O1. The number of rotatable bonds is 6. The third kappa shape index (κ3) is 5.12. The van der Waals surface area contributed by atoms with Gasteiger partial charge in [0.25, 0.3) is 5.91 Å². The molecule has 3 amide bonds. The Bertz CT molecular complexity index is 1420. The average Bonchev–Trinajstić information content (AvgIpc) is 3.45. The quantitative estimate of drug-likeness (QED) is 0.397. The standard InChI is InChI=1S/C26H21N3O7/c30-24(29-26(32)27-13-16-14-34-22-8-3-4-9-23(22)36-16)15-35-25(31)18-12-20(21-10-5-11-33-21)28-19-7-2-1-6-17(18)19/h1-12,16H,13-15H2,(H2,27,29,30,32). The summed E-state index contributed by atoms with van der Waals surface area (Å²) in [6.45, 7) is -0.274. The molecule has 10 heteroatoms. The van der Waals surface area contributed by atoms with Crippen LogP contribution in [0.1, 0.15) is 10.4 Å². The van der Waals surface area contributed by atoms with E-state index in [1.54, 1.807) is 54.6 Å². The Kier molecular flexibility index (Phi) is 6.48. The predicted molar refractivity (Wildman–Crippen MR) is 128 cm³/mol. The number of amides is 3. The van der Waals surface area contributed by atoms with E-state index in [-0.39, 0.29) is 18.7 Å². The lowest BCUT2D eigenvalue weighted by Gasteiger charge is -2.26. The van der Waals surface area contributed by atoms with Crippen molar-refractivity contribution in [2.24, 2.45) is 0 Å². The number of nitrogens with zero attached hydrogens (tertiary/aromatic N) is 1. The van der Waals surface area contributed by atoms with E-state index in [1.165, 1.54) is 6.26 Å². The lowest BCUT2D eigenvalue weighted by molar-refractivity contribution is -0.123. The van der Waals surface area contributed by atoms with Crippen LogP contribution in [0.15, 0.2) is 77.4 Å². The van der Waals surface area contributed by atoms with E-state index in [1.807, 2.05) is 12.1 Å². The molecule has 0 fully saturated rings. The highest BCUT2D eigenvalue weighted by molar-refractivity contribution is 6.05. The van der Waals surface area contributed by atoms with Gasteiger partial charge in [0.15, 0.2) is 30.0 Å². The van der Waals surface area contributed by atoms with Gasteiger partial charge in [0, 0.05) is 5.39 Å². The van der Waals surface area contributed by atoms with Crippen molar-refractivity contribution in [2.45, 2.75) is 6.10 Å². The van der Waals surface area contributed by atoms with Gasteiger partial charge in [-0.2, -0.15) is 0 Å². The second-order valence-corrected chi connectivity index (χ2v) is 7.88. The number of carbonyl (C=O) groups is 3. The molecule has 1 unspecified atom stereocenters. The first-order valence-electron chi connectivity index (χ1n) is 11.1. The minimum atomic E-state index is -0.781. The van der Waals surface area contributed by atoms with Crippen LogP contribution in [0.2, 0.25) is 0 Å². The highest BCUT2D eigenvalue weighted by atomic mass is 16.6. The van der Waals surface area contributed by atoms with Crippen LogP contribution in [0.5, 0.6) is 11.5 Å². The number of ether oxygens (including phenoxy) is 3.